The molecule has 0 spiro atoms. The first-order chi connectivity index (χ1) is 5.33. The molecule has 0 heterocycles. The number of unbranched alkanes of at least 4 members (excludes halogenated alkanes) is 1. The molecule has 0 nitrogen and oxygen atoms in total. The van der Waals surface area contributed by atoms with Crippen molar-refractivity contribution < 1.29 is 0 Å². The Balaban J connectivity index is 2.55. The van der Waals surface area contributed by atoms with Gasteiger partial charge in [-0.15, -0.1) is 0 Å². The lowest BCUT2D eigenvalue weighted by Gasteiger charge is -2.04. The van der Waals surface area contributed by atoms with Gasteiger partial charge in [-0.25, -0.2) is 0 Å². The van der Waals surface area contributed by atoms with Crippen molar-refractivity contribution in [3.05, 3.63) is 35.5 Å². The molecule has 0 aliphatic heterocycles. The van der Waals surface area contributed by atoms with Crippen LogP contribution in [0.4, 0.5) is 0 Å². The van der Waals surface area contributed by atoms with Gasteiger partial charge in [-0.05, 0) is 25.3 Å². The minimum atomic E-state index is 1.12. The molecule has 0 N–H and O–H groups in total. The Morgan fingerprint density at radius 3 is 3.00 bits per heavy atom. The summed E-state index contributed by atoms with van der Waals surface area (Å²) in [4.78, 5) is 0. The number of hydrogen-bond acceptors (Lipinski definition) is 0. The minimum Gasteiger partial charge on any atom is -0.0810 e. The molecular formula is C11H16. The normalized spacial score (nSPS) is 20.5. The van der Waals surface area contributed by atoms with Gasteiger partial charge in [0.25, 0.3) is 0 Å². The van der Waals surface area contributed by atoms with Crippen LogP contribution in [0.25, 0.3) is 0 Å². The molecular weight excluding hydrogens is 132 g/mol. The largest absolute Gasteiger partial charge is 0.0810 e. The highest BCUT2D eigenvalue weighted by atomic mass is 14.0. The number of hydrogen-bond donors (Lipinski definition) is 0. The molecule has 60 valence electrons. The summed E-state index contributed by atoms with van der Waals surface area (Å²) in [5, 5.41) is 0. The Kier molecular flexibility index (Phi) is 3.15. The van der Waals surface area contributed by atoms with Gasteiger partial charge in [-0.2, -0.15) is 0 Å². The van der Waals surface area contributed by atoms with Crippen LogP contribution in [0.15, 0.2) is 35.5 Å². The van der Waals surface area contributed by atoms with Crippen LogP contribution in [-0.4, -0.2) is 0 Å². The van der Waals surface area contributed by atoms with E-state index in [0.717, 1.165) is 6.42 Å². The lowest BCUT2D eigenvalue weighted by Crippen LogP contribution is -1.84. The summed E-state index contributed by atoms with van der Waals surface area (Å²) >= 11 is 0. The molecule has 0 fully saturated rings. The van der Waals surface area contributed by atoms with Gasteiger partial charge in [0.15, 0.2) is 0 Å². The quantitative estimate of drug-likeness (QED) is 0.561. The van der Waals surface area contributed by atoms with Crippen LogP contribution < -0.4 is 0 Å². The van der Waals surface area contributed by atoms with Crippen LogP contribution in [-0.2, 0) is 0 Å². The average Bonchev–Trinajstić information content (AvgIpc) is 2.01. The first-order valence-corrected chi connectivity index (χ1v) is 4.37. The van der Waals surface area contributed by atoms with Gasteiger partial charge in [0.05, 0.1) is 0 Å². The van der Waals surface area contributed by atoms with Crippen LogP contribution in [0, 0.1) is 0 Å². The molecule has 0 radical (unpaired) electrons. The lowest BCUT2D eigenvalue weighted by atomic mass is 10.0. The zero-order chi connectivity index (χ0) is 8.10. The van der Waals surface area contributed by atoms with E-state index >= 15 is 0 Å². The van der Waals surface area contributed by atoms with Gasteiger partial charge in [0.2, 0.25) is 0 Å². The Bertz CT molecular complexity index is 204. The molecule has 0 bridgehead atoms. The molecule has 0 aromatic rings. The van der Waals surface area contributed by atoms with E-state index in [1.54, 1.807) is 0 Å². The molecule has 0 aromatic heterocycles. The Labute approximate surface area is 69.3 Å². The van der Waals surface area contributed by atoms with Gasteiger partial charge in [-0.3, -0.25) is 0 Å². The van der Waals surface area contributed by atoms with Crippen LogP contribution >= 0.6 is 0 Å². The van der Waals surface area contributed by atoms with E-state index in [1.165, 1.54) is 24.0 Å². The Hall–Kier alpha value is -0.780. The van der Waals surface area contributed by atoms with E-state index in [1.807, 2.05) is 0 Å². The van der Waals surface area contributed by atoms with Gasteiger partial charge >= 0.3 is 0 Å². The molecule has 0 amide bonds. The van der Waals surface area contributed by atoms with Crippen molar-refractivity contribution in [1.82, 2.24) is 0 Å². The van der Waals surface area contributed by atoms with Crippen molar-refractivity contribution in [3.8, 4) is 0 Å². The SMILES string of the molecule is CCC/C=C1/C=C(C)C=CC1. The van der Waals surface area contributed by atoms with Crippen LogP contribution in [0.3, 0.4) is 0 Å². The summed E-state index contributed by atoms with van der Waals surface area (Å²) < 4.78 is 0. The van der Waals surface area contributed by atoms with E-state index < -0.39 is 0 Å². The van der Waals surface area contributed by atoms with E-state index in [4.69, 9.17) is 0 Å². The van der Waals surface area contributed by atoms with E-state index in [2.05, 4.69) is 38.2 Å². The zero-order valence-electron chi connectivity index (χ0n) is 7.43. The van der Waals surface area contributed by atoms with Crippen LogP contribution in [0.2, 0.25) is 0 Å². The third-order valence-corrected chi connectivity index (χ3v) is 1.84. The monoisotopic (exact) mass is 148 g/mol. The third-order valence-electron chi connectivity index (χ3n) is 1.84. The fourth-order valence-electron chi connectivity index (χ4n) is 1.25. The fourth-order valence-corrected chi connectivity index (χ4v) is 1.25. The van der Waals surface area contributed by atoms with E-state index in [9.17, 15) is 0 Å². The average molecular weight is 148 g/mol. The summed E-state index contributed by atoms with van der Waals surface area (Å²) in [5.41, 5.74) is 2.85. The minimum absolute atomic E-state index is 1.12. The molecule has 1 rings (SSSR count). The summed E-state index contributed by atoms with van der Waals surface area (Å²) in [6, 6.07) is 0. The van der Waals surface area contributed by atoms with Crippen molar-refractivity contribution in [1.29, 1.82) is 0 Å². The maximum atomic E-state index is 2.34. The highest BCUT2D eigenvalue weighted by Gasteiger charge is 1.95. The smallest absolute Gasteiger partial charge is 0.00973 e. The maximum absolute atomic E-state index is 2.34. The molecule has 0 saturated heterocycles. The van der Waals surface area contributed by atoms with Crippen molar-refractivity contribution in [2.45, 2.75) is 33.1 Å². The van der Waals surface area contributed by atoms with Gasteiger partial charge in [0.1, 0.15) is 0 Å². The first kappa shape index (κ1) is 8.32. The molecule has 0 unspecified atom stereocenters. The van der Waals surface area contributed by atoms with Crippen LogP contribution in [0.1, 0.15) is 33.1 Å². The summed E-state index contributed by atoms with van der Waals surface area (Å²) in [5.74, 6) is 0. The molecule has 11 heavy (non-hydrogen) atoms. The summed E-state index contributed by atoms with van der Waals surface area (Å²) in [6.07, 6.45) is 12.6. The van der Waals surface area contributed by atoms with Gasteiger partial charge < -0.3 is 0 Å². The second-order valence-electron chi connectivity index (χ2n) is 3.06. The first-order valence-electron chi connectivity index (χ1n) is 4.37. The van der Waals surface area contributed by atoms with Gasteiger partial charge in [-0.1, -0.05) is 43.2 Å². The molecule has 1 aliphatic carbocycles. The third kappa shape index (κ3) is 2.75. The predicted octanol–water partition coefficient (Wildman–Crippen LogP) is 3.62. The molecule has 1 aliphatic rings. The van der Waals surface area contributed by atoms with Crippen LogP contribution in [0.5, 0.6) is 0 Å². The highest BCUT2D eigenvalue weighted by molar-refractivity contribution is 5.35. The van der Waals surface area contributed by atoms with Crippen molar-refractivity contribution in [2.24, 2.45) is 0 Å². The Morgan fingerprint density at radius 2 is 2.36 bits per heavy atom. The summed E-state index contributed by atoms with van der Waals surface area (Å²) in [6.45, 7) is 4.36. The molecule has 0 aromatic carbocycles. The maximum Gasteiger partial charge on any atom is -0.00973 e. The topological polar surface area (TPSA) is 0 Å². The van der Waals surface area contributed by atoms with E-state index in [0.29, 0.717) is 0 Å². The number of rotatable bonds is 2. The number of allylic oxidation sites excluding steroid dienone is 6. The highest BCUT2D eigenvalue weighted by Crippen LogP contribution is 2.15. The second-order valence-corrected chi connectivity index (χ2v) is 3.06. The lowest BCUT2D eigenvalue weighted by molar-refractivity contribution is 0.946. The van der Waals surface area contributed by atoms with Crippen molar-refractivity contribution >= 4 is 0 Å². The second kappa shape index (κ2) is 4.17. The van der Waals surface area contributed by atoms with E-state index in [-0.39, 0.29) is 0 Å². The predicted molar refractivity (Wildman–Crippen MR) is 50.5 cm³/mol. The molecule has 0 heteroatoms. The zero-order valence-corrected chi connectivity index (χ0v) is 7.43. The fraction of sp³-hybridized carbons (Fsp3) is 0.455. The molecule has 0 atom stereocenters. The molecule has 0 saturated carbocycles. The van der Waals surface area contributed by atoms with Crippen molar-refractivity contribution in [2.75, 3.05) is 0 Å². The summed E-state index contributed by atoms with van der Waals surface area (Å²) in [7, 11) is 0. The van der Waals surface area contributed by atoms with Crippen molar-refractivity contribution in [3.63, 3.8) is 0 Å². The standard InChI is InChI=1S/C11H16/c1-3-4-7-11-8-5-6-10(2)9-11/h5-7,9H,3-4,8H2,1-2H3/b11-7+. The Morgan fingerprint density at radius 1 is 1.55 bits per heavy atom. The van der Waals surface area contributed by atoms with Gasteiger partial charge in [0, 0.05) is 0 Å².